The molecule has 7 heteroatoms. The number of carbonyl (C=O) groups is 1. The predicted octanol–water partition coefficient (Wildman–Crippen LogP) is 2.39. The summed E-state index contributed by atoms with van der Waals surface area (Å²) >= 11 is 1.52. The average Bonchev–Trinajstić information content (AvgIpc) is 2.99. The molecular formula is C16H17N5OS. The lowest BCUT2D eigenvalue weighted by atomic mass is 10.2. The molecule has 0 radical (unpaired) electrons. The Bertz CT molecular complexity index is 859. The molecule has 0 bridgehead atoms. The Balaban J connectivity index is 1.73. The molecule has 0 aliphatic heterocycles. The van der Waals surface area contributed by atoms with Gasteiger partial charge in [-0.15, -0.1) is 11.3 Å². The monoisotopic (exact) mass is 327 g/mol. The van der Waals surface area contributed by atoms with E-state index in [2.05, 4.69) is 20.3 Å². The lowest BCUT2D eigenvalue weighted by Gasteiger charge is -2.13. The Morgan fingerprint density at radius 3 is 2.87 bits per heavy atom. The number of nitrogens with one attached hydrogen (secondary N) is 1. The first-order valence-electron chi connectivity index (χ1n) is 7.16. The van der Waals surface area contributed by atoms with Crippen LogP contribution in [0.3, 0.4) is 0 Å². The van der Waals surface area contributed by atoms with Crippen molar-refractivity contribution in [1.82, 2.24) is 20.3 Å². The van der Waals surface area contributed by atoms with E-state index in [4.69, 9.17) is 0 Å². The maximum absolute atomic E-state index is 12.3. The van der Waals surface area contributed by atoms with E-state index < -0.39 is 0 Å². The molecule has 0 saturated carbocycles. The van der Waals surface area contributed by atoms with E-state index in [-0.39, 0.29) is 5.91 Å². The van der Waals surface area contributed by atoms with E-state index in [1.54, 1.807) is 11.6 Å². The minimum absolute atomic E-state index is 0.142. The highest BCUT2D eigenvalue weighted by Crippen LogP contribution is 2.19. The van der Waals surface area contributed by atoms with Crippen LogP contribution in [0.1, 0.15) is 21.9 Å². The molecule has 0 fully saturated rings. The van der Waals surface area contributed by atoms with Gasteiger partial charge in [0.1, 0.15) is 11.6 Å². The topological polar surface area (TPSA) is 71.0 Å². The number of aromatic nitrogens is 3. The fourth-order valence-electron chi connectivity index (χ4n) is 2.18. The van der Waals surface area contributed by atoms with Crippen LogP contribution in [-0.2, 0) is 6.54 Å². The summed E-state index contributed by atoms with van der Waals surface area (Å²) in [5, 5.41) is 2.87. The summed E-state index contributed by atoms with van der Waals surface area (Å²) in [6.45, 7) is 2.21. The van der Waals surface area contributed by atoms with E-state index >= 15 is 0 Å². The molecule has 118 valence electrons. The molecule has 0 unspecified atom stereocenters. The lowest BCUT2D eigenvalue weighted by Crippen LogP contribution is -2.24. The van der Waals surface area contributed by atoms with Gasteiger partial charge in [-0.3, -0.25) is 4.79 Å². The Morgan fingerprint density at radius 2 is 2.09 bits per heavy atom. The second-order valence-electron chi connectivity index (χ2n) is 5.40. The minimum atomic E-state index is -0.142. The smallest absolute Gasteiger partial charge is 0.251 e. The number of amides is 1. The number of anilines is 1. The van der Waals surface area contributed by atoms with Crippen molar-refractivity contribution in [1.29, 1.82) is 0 Å². The summed E-state index contributed by atoms with van der Waals surface area (Å²) in [6.07, 6.45) is 0. The molecule has 3 aromatic rings. The van der Waals surface area contributed by atoms with E-state index in [9.17, 15) is 4.79 Å². The molecule has 0 aliphatic carbocycles. The maximum Gasteiger partial charge on any atom is 0.251 e. The van der Waals surface area contributed by atoms with Gasteiger partial charge in [0, 0.05) is 31.4 Å². The van der Waals surface area contributed by atoms with E-state index in [1.165, 1.54) is 11.3 Å². The van der Waals surface area contributed by atoms with Gasteiger partial charge in [-0.1, -0.05) is 0 Å². The summed E-state index contributed by atoms with van der Waals surface area (Å²) in [6, 6.07) is 7.39. The number of aryl methyl sites for hydroxylation is 1. The second kappa shape index (κ2) is 6.29. The molecule has 0 aliphatic rings. The summed E-state index contributed by atoms with van der Waals surface area (Å²) in [7, 11) is 3.85. The van der Waals surface area contributed by atoms with E-state index in [1.807, 2.05) is 44.1 Å². The third-order valence-corrected chi connectivity index (χ3v) is 4.14. The number of thiazole rings is 1. The van der Waals surface area contributed by atoms with Crippen molar-refractivity contribution in [3.8, 4) is 0 Å². The van der Waals surface area contributed by atoms with Gasteiger partial charge in [0.15, 0.2) is 0 Å². The normalized spacial score (nSPS) is 10.7. The second-order valence-corrected chi connectivity index (χ2v) is 6.28. The van der Waals surface area contributed by atoms with Crippen molar-refractivity contribution >= 4 is 33.3 Å². The van der Waals surface area contributed by atoms with Gasteiger partial charge in [0.2, 0.25) is 0 Å². The summed E-state index contributed by atoms with van der Waals surface area (Å²) in [4.78, 5) is 27.2. The molecule has 2 heterocycles. The third kappa shape index (κ3) is 3.45. The van der Waals surface area contributed by atoms with Gasteiger partial charge < -0.3 is 10.2 Å². The van der Waals surface area contributed by atoms with Crippen molar-refractivity contribution in [2.45, 2.75) is 13.5 Å². The first-order chi connectivity index (χ1) is 11.0. The number of fused-ring (bicyclic) bond motifs is 1. The number of rotatable bonds is 4. The molecule has 23 heavy (non-hydrogen) atoms. The number of benzene rings is 1. The lowest BCUT2D eigenvalue weighted by molar-refractivity contribution is 0.0950. The van der Waals surface area contributed by atoms with Gasteiger partial charge in [-0.25, -0.2) is 15.0 Å². The number of carbonyl (C=O) groups excluding carboxylic acids is 1. The van der Waals surface area contributed by atoms with Crippen LogP contribution in [0.25, 0.3) is 10.2 Å². The first-order valence-corrected chi connectivity index (χ1v) is 8.04. The van der Waals surface area contributed by atoms with Crippen LogP contribution in [0.5, 0.6) is 0 Å². The molecule has 0 spiro atoms. The molecule has 0 saturated heterocycles. The van der Waals surface area contributed by atoms with Crippen LogP contribution >= 0.6 is 11.3 Å². The van der Waals surface area contributed by atoms with Crippen LogP contribution in [0.4, 0.5) is 5.82 Å². The SMILES string of the molecule is Cc1cc(N(C)C)nc(CNC(=O)c2ccc3ncsc3c2)n1. The Hall–Kier alpha value is -2.54. The average molecular weight is 327 g/mol. The fourth-order valence-corrected chi connectivity index (χ4v) is 2.89. The molecule has 6 nitrogen and oxygen atoms in total. The molecule has 3 rings (SSSR count). The molecule has 1 N–H and O–H groups in total. The van der Waals surface area contributed by atoms with Crippen LogP contribution in [0.15, 0.2) is 29.8 Å². The van der Waals surface area contributed by atoms with Gasteiger partial charge >= 0.3 is 0 Å². The largest absolute Gasteiger partial charge is 0.363 e. The molecule has 0 atom stereocenters. The number of nitrogens with zero attached hydrogens (tertiary/aromatic N) is 4. The fraction of sp³-hybridized carbons (Fsp3) is 0.250. The standard InChI is InChI=1S/C16H17N5OS/c1-10-6-15(21(2)3)20-14(19-10)8-17-16(22)11-4-5-12-13(7-11)23-9-18-12/h4-7,9H,8H2,1-3H3,(H,17,22). The summed E-state index contributed by atoms with van der Waals surface area (Å²) in [5.74, 6) is 1.28. The zero-order valence-corrected chi connectivity index (χ0v) is 14.0. The molecule has 2 aromatic heterocycles. The Kier molecular flexibility index (Phi) is 4.20. The summed E-state index contributed by atoms with van der Waals surface area (Å²) < 4.78 is 0.999. The predicted molar refractivity (Wildman–Crippen MR) is 91.9 cm³/mol. The summed E-state index contributed by atoms with van der Waals surface area (Å²) in [5.41, 5.74) is 4.17. The van der Waals surface area contributed by atoms with Crippen LogP contribution in [0.2, 0.25) is 0 Å². The zero-order valence-electron chi connectivity index (χ0n) is 13.2. The minimum Gasteiger partial charge on any atom is -0.363 e. The number of hydrogen-bond acceptors (Lipinski definition) is 6. The number of hydrogen-bond donors (Lipinski definition) is 1. The van der Waals surface area contributed by atoms with E-state index in [0.29, 0.717) is 17.9 Å². The van der Waals surface area contributed by atoms with E-state index in [0.717, 1.165) is 21.7 Å². The van der Waals surface area contributed by atoms with Crippen molar-refractivity contribution in [2.75, 3.05) is 19.0 Å². The molecule has 1 aromatic carbocycles. The quantitative estimate of drug-likeness (QED) is 0.797. The van der Waals surface area contributed by atoms with Crippen LogP contribution in [0, 0.1) is 6.92 Å². The highest BCUT2D eigenvalue weighted by atomic mass is 32.1. The van der Waals surface area contributed by atoms with Gasteiger partial charge in [0.05, 0.1) is 22.3 Å². The zero-order chi connectivity index (χ0) is 16.4. The van der Waals surface area contributed by atoms with Gasteiger partial charge in [-0.05, 0) is 25.1 Å². The highest BCUT2D eigenvalue weighted by Gasteiger charge is 2.09. The van der Waals surface area contributed by atoms with Crippen molar-refractivity contribution < 1.29 is 4.79 Å². The first kappa shape index (κ1) is 15.4. The highest BCUT2D eigenvalue weighted by molar-refractivity contribution is 7.16. The maximum atomic E-state index is 12.3. The van der Waals surface area contributed by atoms with Crippen LogP contribution < -0.4 is 10.2 Å². The van der Waals surface area contributed by atoms with Gasteiger partial charge in [-0.2, -0.15) is 0 Å². The molecule has 1 amide bonds. The van der Waals surface area contributed by atoms with Crippen LogP contribution in [-0.4, -0.2) is 35.0 Å². The molecular weight excluding hydrogens is 310 g/mol. The van der Waals surface area contributed by atoms with Crippen molar-refractivity contribution in [3.05, 3.63) is 46.9 Å². The van der Waals surface area contributed by atoms with Gasteiger partial charge in [0.25, 0.3) is 5.91 Å². The Morgan fingerprint density at radius 1 is 1.26 bits per heavy atom. The van der Waals surface area contributed by atoms with Crippen molar-refractivity contribution in [3.63, 3.8) is 0 Å². The van der Waals surface area contributed by atoms with Crippen molar-refractivity contribution in [2.24, 2.45) is 0 Å². The Labute approximate surface area is 138 Å². The third-order valence-electron chi connectivity index (χ3n) is 3.35.